The van der Waals surface area contributed by atoms with Crippen LogP contribution in [0.25, 0.3) is 21.5 Å². The molecule has 0 spiro atoms. The van der Waals surface area contributed by atoms with E-state index in [0.717, 1.165) is 51.2 Å². The lowest BCUT2D eigenvalue weighted by atomic mass is 9.76. The molecule has 0 aromatic heterocycles. The Labute approximate surface area is 186 Å². The number of hydrogen-bond donors (Lipinski definition) is 0. The summed E-state index contributed by atoms with van der Waals surface area (Å²) >= 11 is 0. The summed E-state index contributed by atoms with van der Waals surface area (Å²) in [5, 5.41) is 6.11. The normalized spacial score (nSPS) is 11.7. The molecule has 0 aliphatic heterocycles. The first-order valence-electron chi connectivity index (χ1n) is 12.6. The van der Waals surface area contributed by atoms with E-state index < -0.39 is 0 Å². The SMILES string of the molecule is BCc1c(CB)c(CC)c2cc3c(CC)c(CC)c(CC)c(CC)c3cc2c1CC. The van der Waals surface area contributed by atoms with Crippen LogP contribution in [0.1, 0.15) is 86.1 Å². The second-order valence-corrected chi connectivity index (χ2v) is 8.60. The molecule has 0 aliphatic rings. The first kappa shape index (κ1) is 23.0. The lowest BCUT2D eigenvalue weighted by molar-refractivity contribution is 0.961. The van der Waals surface area contributed by atoms with Crippen molar-refractivity contribution in [1.29, 1.82) is 0 Å². The van der Waals surface area contributed by atoms with E-state index in [1.807, 2.05) is 0 Å². The van der Waals surface area contributed by atoms with Gasteiger partial charge in [-0.1, -0.05) is 54.2 Å². The van der Waals surface area contributed by atoms with Crippen molar-refractivity contribution in [3.63, 3.8) is 0 Å². The smallest absolute Gasteiger partial charge is 0.0613 e. The average molecular weight is 398 g/mol. The van der Waals surface area contributed by atoms with Crippen LogP contribution >= 0.6 is 0 Å². The van der Waals surface area contributed by atoms with E-state index in [9.17, 15) is 0 Å². The van der Waals surface area contributed by atoms with Crippen molar-refractivity contribution < 1.29 is 0 Å². The number of fused-ring (bicyclic) bond motifs is 2. The Morgan fingerprint density at radius 3 is 0.833 bits per heavy atom. The highest BCUT2D eigenvalue weighted by molar-refractivity contribution is 6.12. The van der Waals surface area contributed by atoms with Crippen LogP contribution < -0.4 is 0 Å². The molecule has 3 aromatic carbocycles. The van der Waals surface area contributed by atoms with Crippen LogP contribution in [0, 0.1) is 0 Å². The maximum atomic E-state index is 2.60. The summed E-state index contributed by atoms with van der Waals surface area (Å²) in [6, 6.07) is 5.19. The van der Waals surface area contributed by atoms with Crippen molar-refractivity contribution in [2.24, 2.45) is 0 Å². The maximum Gasteiger partial charge on any atom is 0.107 e. The zero-order chi connectivity index (χ0) is 22.0. The molecule has 0 aliphatic carbocycles. The largest absolute Gasteiger partial charge is 0.107 e. The van der Waals surface area contributed by atoms with E-state index in [4.69, 9.17) is 0 Å². The molecule has 0 N–H and O–H groups in total. The summed E-state index contributed by atoms with van der Waals surface area (Å²) in [5.74, 6) is 0. The Morgan fingerprint density at radius 2 is 0.633 bits per heavy atom. The third-order valence-electron chi connectivity index (χ3n) is 7.47. The van der Waals surface area contributed by atoms with E-state index in [1.165, 1.54) is 21.5 Å². The molecule has 3 rings (SSSR count). The zero-order valence-corrected chi connectivity index (χ0v) is 20.8. The minimum absolute atomic E-state index is 1.12. The van der Waals surface area contributed by atoms with E-state index in [-0.39, 0.29) is 0 Å². The highest BCUT2D eigenvalue weighted by Crippen LogP contribution is 2.39. The third-order valence-corrected chi connectivity index (χ3v) is 7.47. The van der Waals surface area contributed by atoms with Crippen LogP contribution in [0.4, 0.5) is 0 Å². The quantitative estimate of drug-likeness (QED) is 0.341. The topological polar surface area (TPSA) is 0 Å². The monoisotopic (exact) mass is 398 g/mol. The Kier molecular flexibility index (Phi) is 7.38. The summed E-state index contributed by atoms with van der Waals surface area (Å²) in [6.45, 7) is 14.1. The number of hydrogen-bond acceptors (Lipinski definition) is 0. The van der Waals surface area contributed by atoms with Crippen LogP contribution in [0.2, 0.25) is 0 Å². The van der Waals surface area contributed by atoms with Gasteiger partial charge in [-0.3, -0.25) is 0 Å². The molecule has 0 saturated heterocycles. The van der Waals surface area contributed by atoms with Gasteiger partial charge in [-0.15, -0.1) is 0 Å². The van der Waals surface area contributed by atoms with Gasteiger partial charge in [-0.25, -0.2) is 0 Å². The lowest BCUT2D eigenvalue weighted by Crippen LogP contribution is -2.08. The molecule has 0 saturated carbocycles. The minimum Gasteiger partial charge on any atom is -0.0613 e. The Morgan fingerprint density at radius 1 is 0.400 bits per heavy atom. The fourth-order valence-electron chi connectivity index (χ4n) is 6.30. The van der Waals surface area contributed by atoms with E-state index >= 15 is 0 Å². The molecule has 0 amide bonds. The fraction of sp³-hybridized carbons (Fsp3) is 0.500. The van der Waals surface area contributed by atoms with Gasteiger partial charge < -0.3 is 0 Å². The number of aryl methyl sites for hydroxylation is 4. The predicted octanol–water partition coefficient (Wildman–Crippen LogP) is 5.63. The van der Waals surface area contributed by atoms with E-state index in [0.29, 0.717) is 0 Å². The Bertz CT molecular complexity index is 907. The first-order chi connectivity index (χ1) is 14.6. The van der Waals surface area contributed by atoms with Gasteiger partial charge in [0.25, 0.3) is 0 Å². The molecule has 2 heteroatoms. The van der Waals surface area contributed by atoms with Gasteiger partial charge >= 0.3 is 0 Å². The summed E-state index contributed by atoms with van der Waals surface area (Å²) < 4.78 is 0. The highest BCUT2D eigenvalue weighted by Gasteiger charge is 2.20. The van der Waals surface area contributed by atoms with Crippen LogP contribution in [-0.2, 0) is 51.2 Å². The molecule has 0 bridgehead atoms. The predicted molar refractivity (Wildman–Crippen MR) is 142 cm³/mol. The van der Waals surface area contributed by atoms with Crippen molar-refractivity contribution in [2.45, 2.75) is 92.7 Å². The molecule has 0 fully saturated rings. The van der Waals surface area contributed by atoms with Crippen LogP contribution in [0.5, 0.6) is 0 Å². The minimum atomic E-state index is 1.12. The molecule has 0 unspecified atom stereocenters. The van der Waals surface area contributed by atoms with Crippen LogP contribution in [0.3, 0.4) is 0 Å². The number of benzene rings is 3. The molecular formula is C28H40B2. The molecule has 158 valence electrons. The first-order valence-corrected chi connectivity index (χ1v) is 12.6. The van der Waals surface area contributed by atoms with Gasteiger partial charge in [-0.05, 0) is 117 Å². The lowest BCUT2D eigenvalue weighted by Gasteiger charge is -2.24. The van der Waals surface area contributed by atoms with E-state index in [2.05, 4.69) is 69.4 Å². The maximum absolute atomic E-state index is 2.60. The average Bonchev–Trinajstić information content (AvgIpc) is 2.79. The van der Waals surface area contributed by atoms with Gasteiger partial charge in [-0.2, -0.15) is 0 Å². The molecule has 30 heavy (non-hydrogen) atoms. The molecule has 0 radical (unpaired) electrons. The molecular weight excluding hydrogens is 358 g/mol. The third kappa shape index (κ3) is 3.41. The van der Waals surface area contributed by atoms with Gasteiger partial charge in [0.05, 0.1) is 0 Å². The molecule has 0 nitrogen and oxygen atoms in total. The highest BCUT2D eigenvalue weighted by atomic mass is 14.2. The van der Waals surface area contributed by atoms with Gasteiger partial charge in [0, 0.05) is 0 Å². The summed E-state index contributed by atoms with van der Waals surface area (Å²) in [4.78, 5) is 0. The summed E-state index contributed by atoms with van der Waals surface area (Å²) in [5.41, 5.74) is 12.9. The Hall–Kier alpha value is -1.69. The second-order valence-electron chi connectivity index (χ2n) is 8.60. The van der Waals surface area contributed by atoms with Crippen LogP contribution in [-0.4, -0.2) is 15.7 Å². The van der Waals surface area contributed by atoms with Gasteiger partial charge in [0.1, 0.15) is 15.7 Å². The van der Waals surface area contributed by atoms with Crippen molar-refractivity contribution in [3.05, 3.63) is 56.6 Å². The van der Waals surface area contributed by atoms with Crippen LogP contribution in [0.15, 0.2) is 12.1 Å². The van der Waals surface area contributed by atoms with Crippen molar-refractivity contribution in [3.8, 4) is 0 Å². The molecule has 0 heterocycles. The molecule has 3 aromatic rings. The molecule has 0 atom stereocenters. The zero-order valence-electron chi connectivity index (χ0n) is 20.8. The standard InChI is InChI=1S/C28H40B2/c1-7-17-18(8-2)20(10-4)24-14-26-22(12-6)28(16-30)27(15-29)21(11-5)25(26)13-23(24)19(17)9-3/h13-14H,7-12,15-16,29-30H2,1-6H3. The number of rotatable bonds is 8. The van der Waals surface area contributed by atoms with Gasteiger partial charge in [0.2, 0.25) is 0 Å². The second kappa shape index (κ2) is 9.63. The van der Waals surface area contributed by atoms with Gasteiger partial charge in [0.15, 0.2) is 0 Å². The summed E-state index contributed by atoms with van der Waals surface area (Å²) in [6.07, 6.45) is 9.06. The van der Waals surface area contributed by atoms with Crippen molar-refractivity contribution in [2.75, 3.05) is 0 Å². The fourth-order valence-corrected chi connectivity index (χ4v) is 6.30. The van der Waals surface area contributed by atoms with Crippen molar-refractivity contribution >= 4 is 37.2 Å². The van der Waals surface area contributed by atoms with Crippen molar-refractivity contribution in [1.82, 2.24) is 0 Å². The Balaban J connectivity index is 2.66. The summed E-state index contributed by atoms with van der Waals surface area (Å²) in [7, 11) is 4.69. The van der Waals surface area contributed by atoms with E-state index in [1.54, 1.807) is 44.5 Å².